The van der Waals surface area contributed by atoms with Crippen LogP contribution in [0, 0.1) is 5.92 Å². The summed E-state index contributed by atoms with van der Waals surface area (Å²) in [6.45, 7) is 3.78. The fourth-order valence-corrected chi connectivity index (χ4v) is 5.04. The van der Waals surface area contributed by atoms with Crippen molar-refractivity contribution in [2.75, 3.05) is 13.1 Å². The standard InChI is InChI=1S/C12H20N4O2S/c1-9-5-10(6-13)8-16(9)19(17,18)12-7-14-11-3-2-4-15(11)12/h7,9-10H,2-6,8,13H2,1H3. The monoisotopic (exact) mass is 284 g/mol. The molecule has 0 radical (unpaired) electrons. The molecule has 2 unspecified atom stereocenters. The van der Waals surface area contributed by atoms with E-state index >= 15 is 0 Å². The van der Waals surface area contributed by atoms with Crippen molar-refractivity contribution in [3.05, 3.63) is 12.0 Å². The van der Waals surface area contributed by atoms with E-state index in [-0.39, 0.29) is 12.0 Å². The maximum Gasteiger partial charge on any atom is 0.260 e. The van der Waals surface area contributed by atoms with E-state index < -0.39 is 10.0 Å². The Labute approximate surface area is 113 Å². The SMILES string of the molecule is CC1CC(CN)CN1S(=O)(=O)c1cnc2n1CCC2. The normalized spacial score (nSPS) is 27.9. The molecule has 19 heavy (non-hydrogen) atoms. The molecule has 3 heterocycles. The maximum absolute atomic E-state index is 12.8. The number of nitrogens with two attached hydrogens (primary N) is 1. The third kappa shape index (κ3) is 2.00. The lowest BCUT2D eigenvalue weighted by Crippen LogP contribution is -2.35. The van der Waals surface area contributed by atoms with Gasteiger partial charge in [0.25, 0.3) is 10.0 Å². The Morgan fingerprint density at radius 1 is 1.53 bits per heavy atom. The lowest BCUT2D eigenvalue weighted by molar-refractivity contribution is 0.399. The summed E-state index contributed by atoms with van der Waals surface area (Å²) < 4.78 is 28.9. The molecule has 0 saturated carbocycles. The first kappa shape index (κ1) is 13.1. The van der Waals surface area contributed by atoms with Crippen LogP contribution in [0.25, 0.3) is 0 Å². The van der Waals surface area contributed by atoms with E-state index in [0.717, 1.165) is 31.6 Å². The summed E-state index contributed by atoms with van der Waals surface area (Å²) in [5, 5.41) is 0.351. The fourth-order valence-electron chi connectivity index (χ4n) is 3.17. The molecule has 2 atom stereocenters. The van der Waals surface area contributed by atoms with E-state index in [1.165, 1.54) is 6.20 Å². The summed E-state index contributed by atoms with van der Waals surface area (Å²) in [6, 6.07) is 0.0195. The zero-order valence-corrected chi connectivity index (χ0v) is 11.9. The van der Waals surface area contributed by atoms with Crippen molar-refractivity contribution in [1.82, 2.24) is 13.9 Å². The van der Waals surface area contributed by atoms with Gasteiger partial charge in [0, 0.05) is 25.6 Å². The number of imidazole rings is 1. The number of hydrogen-bond donors (Lipinski definition) is 1. The number of aromatic nitrogens is 2. The molecule has 0 aromatic carbocycles. The Morgan fingerprint density at radius 2 is 2.32 bits per heavy atom. The molecular formula is C12H20N4O2S. The molecule has 0 bridgehead atoms. The van der Waals surface area contributed by atoms with Crippen LogP contribution in [0.15, 0.2) is 11.2 Å². The highest BCUT2D eigenvalue weighted by Crippen LogP contribution is 2.30. The van der Waals surface area contributed by atoms with Crippen LogP contribution < -0.4 is 5.73 Å². The number of nitrogens with zero attached hydrogens (tertiary/aromatic N) is 3. The van der Waals surface area contributed by atoms with Crippen molar-refractivity contribution < 1.29 is 8.42 Å². The molecule has 2 aliphatic rings. The third-order valence-electron chi connectivity index (χ3n) is 4.19. The highest BCUT2D eigenvalue weighted by atomic mass is 32.2. The first-order chi connectivity index (χ1) is 9.04. The van der Waals surface area contributed by atoms with E-state index in [9.17, 15) is 8.42 Å². The van der Waals surface area contributed by atoms with Crippen LogP contribution in [0.5, 0.6) is 0 Å². The van der Waals surface area contributed by atoms with Gasteiger partial charge in [-0.1, -0.05) is 0 Å². The number of hydrogen-bond acceptors (Lipinski definition) is 4. The van der Waals surface area contributed by atoms with Gasteiger partial charge in [0.15, 0.2) is 5.03 Å². The second-order valence-electron chi connectivity index (χ2n) is 5.53. The zero-order chi connectivity index (χ0) is 13.6. The average molecular weight is 284 g/mol. The Kier molecular flexibility index (Phi) is 3.15. The molecular weight excluding hydrogens is 264 g/mol. The van der Waals surface area contributed by atoms with E-state index in [0.29, 0.717) is 18.1 Å². The maximum atomic E-state index is 12.8. The highest BCUT2D eigenvalue weighted by Gasteiger charge is 2.39. The van der Waals surface area contributed by atoms with Gasteiger partial charge in [-0.05, 0) is 32.2 Å². The van der Waals surface area contributed by atoms with Crippen molar-refractivity contribution >= 4 is 10.0 Å². The van der Waals surface area contributed by atoms with Crippen LogP contribution in [0.3, 0.4) is 0 Å². The van der Waals surface area contributed by atoms with Crippen molar-refractivity contribution in [1.29, 1.82) is 0 Å². The largest absolute Gasteiger partial charge is 0.330 e. The van der Waals surface area contributed by atoms with Gasteiger partial charge >= 0.3 is 0 Å². The first-order valence-electron chi connectivity index (χ1n) is 6.80. The molecule has 7 heteroatoms. The Bertz CT molecular complexity index is 581. The molecule has 1 aromatic heterocycles. The molecule has 0 spiro atoms. The zero-order valence-electron chi connectivity index (χ0n) is 11.1. The molecule has 1 saturated heterocycles. The smallest absolute Gasteiger partial charge is 0.260 e. The number of aryl methyl sites for hydroxylation is 1. The van der Waals surface area contributed by atoms with Gasteiger partial charge in [-0.25, -0.2) is 13.4 Å². The van der Waals surface area contributed by atoms with Crippen molar-refractivity contribution in [3.63, 3.8) is 0 Å². The summed E-state index contributed by atoms with van der Waals surface area (Å²) in [5.41, 5.74) is 5.67. The van der Waals surface area contributed by atoms with Gasteiger partial charge in [0.1, 0.15) is 5.82 Å². The molecule has 106 valence electrons. The van der Waals surface area contributed by atoms with Gasteiger partial charge in [0.2, 0.25) is 0 Å². The van der Waals surface area contributed by atoms with Gasteiger partial charge in [-0.3, -0.25) is 0 Å². The van der Waals surface area contributed by atoms with Gasteiger partial charge in [-0.15, -0.1) is 0 Å². The Hall–Kier alpha value is -0.920. The predicted molar refractivity (Wildman–Crippen MR) is 71.1 cm³/mol. The fraction of sp³-hybridized carbons (Fsp3) is 0.750. The molecule has 1 fully saturated rings. The van der Waals surface area contributed by atoms with E-state index in [4.69, 9.17) is 5.73 Å². The summed E-state index contributed by atoms with van der Waals surface area (Å²) in [5.74, 6) is 1.16. The highest BCUT2D eigenvalue weighted by molar-refractivity contribution is 7.89. The second-order valence-corrected chi connectivity index (χ2v) is 7.37. The third-order valence-corrected chi connectivity index (χ3v) is 6.18. The molecule has 6 nitrogen and oxygen atoms in total. The lowest BCUT2D eigenvalue weighted by atomic mass is 10.1. The molecule has 2 N–H and O–H groups in total. The van der Waals surface area contributed by atoms with Crippen molar-refractivity contribution in [3.8, 4) is 0 Å². The minimum absolute atomic E-state index is 0.0195. The van der Waals surface area contributed by atoms with Gasteiger partial charge in [-0.2, -0.15) is 4.31 Å². The topological polar surface area (TPSA) is 81.2 Å². The van der Waals surface area contributed by atoms with Crippen LogP contribution in [0.2, 0.25) is 0 Å². The summed E-state index contributed by atoms with van der Waals surface area (Å²) >= 11 is 0. The van der Waals surface area contributed by atoms with Gasteiger partial charge < -0.3 is 10.3 Å². The summed E-state index contributed by atoms with van der Waals surface area (Å²) in [7, 11) is -3.43. The van der Waals surface area contributed by atoms with E-state index in [1.54, 1.807) is 4.31 Å². The molecule has 0 aliphatic carbocycles. The molecule has 1 aromatic rings. The predicted octanol–water partition coefficient (Wildman–Crippen LogP) is 0.187. The quantitative estimate of drug-likeness (QED) is 0.859. The minimum atomic E-state index is -3.43. The number of rotatable bonds is 3. The Balaban J connectivity index is 1.95. The second kappa shape index (κ2) is 4.57. The average Bonchev–Trinajstić information content (AvgIpc) is 3.01. The molecule has 0 amide bonds. The van der Waals surface area contributed by atoms with Crippen molar-refractivity contribution in [2.45, 2.75) is 43.8 Å². The van der Waals surface area contributed by atoms with Crippen LogP contribution in [-0.4, -0.2) is 41.4 Å². The summed E-state index contributed by atoms with van der Waals surface area (Å²) in [4.78, 5) is 4.23. The van der Waals surface area contributed by atoms with Crippen molar-refractivity contribution in [2.24, 2.45) is 11.7 Å². The van der Waals surface area contributed by atoms with E-state index in [2.05, 4.69) is 4.98 Å². The van der Waals surface area contributed by atoms with Gasteiger partial charge in [0.05, 0.1) is 6.20 Å². The van der Waals surface area contributed by atoms with Crippen LogP contribution in [0.4, 0.5) is 0 Å². The molecule has 3 rings (SSSR count). The lowest BCUT2D eigenvalue weighted by Gasteiger charge is -2.21. The first-order valence-corrected chi connectivity index (χ1v) is 8.24. The molecule has 2 aliphatic heterocycles. The van der Waals surface area contributed by atoms with Crippen LogP contribution >= 0.6 is 0 Å². The van der Waals surface area contributed by atoms with Crippen LogP contribution in [0.1, 0.15) is 25.6 Å². The summed E-state index contributed by atoms with van der Waals surface area (Å²) in [6.07, 6.45) is 4.20. The Morgan fingerprint density at radius 3 is 3.00 bits per heavy atom. The number of fused-ring (bicyclic) bond motifs is 1. The van der Waals surface area contributed by atoms with E-state index in [1.807, 2.05) is 11.5 Å². The number of sulfonamides is 1. The minimum Gasteiger partial charge on any atom is -0.330 e. The van der Waals surface area contributed by atoms with Crippen LogP contribution in [-0.2, 0) is 23.0 Å².